The molecule has 1 aromatic carbocycles. The van der Waals surface area contributed by atoms with E-state index in [-0.39, 0.29) is 0 Å². The number of hydrogen-bond donors (Lipinski definition) is 1. The van der Waals surface area contributed by atoms with Crippen LogP contribution in [0.5, 0.6) is 0 Å². The lowest BCUT2D eigenvalue weighted by atomic mass is 9.83. The second-order valence-electron chi connectivity index (χ2n) is 6.19. The summed E-state index contributed by atoms with van der Waals surface area (Å²) in [5.74, 6) is 1.52. The third-order valence-electron chi connectivity index (χ3n) is 4.38. The van der Waals surface area contributed by atoms with Gasteiger partial charge in [-0.3, -0.25) is 0 Å². The topological polar surface area (TPSA) is 24.9 Å². The van der Waals surface area contributed by atoms with E-state index in [9.17, 15) is 0 Å². The van der Waals surface area contributed by atoms with Crippen molar-refractivity contribution in [3.63, 3.8) is 0 Å². The minimum absolute atomic E-state index is 0.673. The molecule has 0 spiro atoms. The van der Waals surface area contributed by atoms with E-state index in [1.165, 1.54) is 46.8 Å². The molecule has 1 aliphatic rings. The van der Waals surface area contributed by atoms with E-state index in [0.29, 0.717) is 5.92 Å². The highest BCUT2D eigenvalue weighted by molar-refractivity contribution is 7.12. The SMILES string of the molecule is CNCc1sc(C2CCCC(C)C2)nc1-c1ccccc1. The molecule has 1 aromatic heterocycles. The maximum absolute atomic E-state index is 5.04. The first-order valence-corrected chi connectivity index (χ1v) is 8.79. The lowest BCUT2D eigenvalue weighted by Gasteiger charge is -2.24. The maximum Gasteiger partial charge on any atom is 0.0966 e. The van der Waals surface area contributed by atoms with E-state index >= 15 is 0 Å². The van der Waals surface area contributed by atoms with E-state index in [4.69, 9.17) is 4.98 Å². The predicted molar refractivity (Wildman–Crippen MR) is 90.7 cm³/mol. The number of benzene rings is 1. The van der Waals surface area contributed by atoms with Gasteiger partial charge in [-0.05, 0) is 25.8 Å². The molecule has 3 rings (SSSR count). The van der Waals surface area contributed by atoms with Gasteiger partial charge in [-0.1, -0.05) is 50.1 Å². The van der Waals surface area contributed by atoms with Gasteiger partial charge in [0, 0.05) is 22.9 Å². The Bertz CT molecular complexity index is 576. The molecule has 0 radical (unpaired) electrons. The Kier molecular flexibility index (Phi) is 4.71. The monoisotopic (exact) mass is 300 g/mol. The minimum atomic E-state index is 0.673. The summed E-state index contributed by atoms with van der Waals surface area (Å²) in [4.78, 5) is 6.41. The molecule has 1 aliphatic carbocycles. The van der Waals surface area contributed by atoms with Crippen molar-refractivity contribution in [2.45, 2.75) is 45.1 Å². The fourth-order valence-corrected chi connectivity index (χ4v) is 4.55. The first-order chi connectivity index (χ1) is 10.3. The van der Waals surface area contributed by atoms with Crippen molar-refractivity contribution in [3.05, 3.63) is 40.2 Å². The molecular weight excluding hydrogens is 276 g/mol. The van der Waals surface area contributed by atoms with Crippen molar-refractivity contribution in [2.24, 2.45) is 5.92 Å². The zero-order chi connectivity index (χ0) is 14.7. The van der Waals surface area contributed by atoms with Crippen molar-refractivity contribution in [1.82, 2.24) is 10.3 Å². The summed E-state index contributed by atoms with van der Waals surface area (Å²) in [5, 5.41) is 4.64. The molecule has 0 amide bonds. The Morgan fingerprint density at radius 2 is 2.05 bits per heavy atom. The summed E-state index contributed by atoms with van der Waals surface area (Å²) >= 11 is 1.91. The Labute approximate surface area is 131 Å². The summed E-state index contributed by atoms with van der Waals surface area (Å²) in [5.41, 5.74) is 2.43. The summed E-state index contributed by atoms with van der Waals surface area (Å²) in [6.07, 6.45) is 5.36. The number of thiazole rings is 1. The van der Waals surface area contributed by atoms with E-state index in [1.807, 2.05) is 18.4 Å². The molecule has 112 valence electrons. The first kappa shape index (κ1) is 14.7. The van der Waals surface area contributed by atoms with Gasteiger partial charge in [0.05, 0.1) is 10.7 Å². The molecule has 2 aromatic rings. The number of aromatic nitrogens is 1. The van der Waals surface area contributed by atoms with Gasteiger partial charge in [0.15, 0.2) is 0 Å². The van der Waals surface area contributed by atoms with Crippen LogP contribution >= 0.6 is 11.3 Å². The van der Waals surface area contributed by atoms with Crippen LogP contribution in [-0.4, -0.2) is 12.0 Å². The quantitative estimate of drug-likeness (QED) is 0.875. The van der Waals surface area contributed by atoms with Gasteiger partial charge in [-0.25, -0.2) is 4.98 Å². The molecule has 3 heteroatoms. The number of hydrogen-bond acceptors (Lipinski definition) is 3. The Hall–Kier alpha value is -1.19. The highest BCUT2D eigenvalue weighted by Gasteiger charge is 2.24. The van der Waals surface area contributed by atoms with Gasteiger partial charge in [0.2, 0.25) is 0 Å². The Morgan fingerprint density at radius 3 is 2.76 bits per heavy atom. The van der Waals surface area contributed by atoms with Gasteiger partial charge in [-0.15, -0.1) is 11.3 Å². The molecular formula is C18H24N2S. The summed E-state index contributed by atoms with van der Waals surface area (Å²) in [7, 11) is 2.01. The van der Waals surface area contributed by atoms with Crippen LogP contribution in [0.1, 0.15) is 48.4 Å². The van der Waals surface area contributed by atoms with Crippen LogP contribution in [0.2, 0.25) is 0 Å². The molecule has 0 aliphatic heterocycles. The number of rotatable bonds is 4. The van der Waals surface area contributed by atoms with Gasteiger partial charge in [-0.2, -0.15) is 0 Å². The summed E-state index contributed by atoms with van der Waals surface area (Å²) < 4.78 is 0. The van der Waals surface area contributed by atoms with Gasteiger partial charge >= 0.3 is 0 Å². The van der Waals surface area contributed by atoms with Crippen LogP contribution in [0, 0.1) is 5.92 Å². The largest absolute Gasteiger partial charge is 0.315 e. The van der Waals surface area contributed by atoms with Crippen LogP contribution in [0.25, 0.3) is 11.3 Å². The minimum Gasteiger partial charge on any atom is -0.315 e. The van der Waals surface area contributed by atoms with Crippen molar-refractivity contribution >= 4 is 11.3 Å². The highest BCUT2D eigenvalue weighted by Crippen LogP contribution is 2.40. The fourth-order valence-electron chi connectivity index (χ4n) is 3.30. The second kappa shape index (κ2) is 6.71. The average Bonchev–Trinajstić information content (AvgIpc) is 2.93. The van der Waals surface area contributed by atoms with Gasteiger partial charge in [0.25, 0.3) is 0 Å². The maximum atomic E-state index is 5.04. The Balaban J connectivity index is 1.92. The smallest absolute Gasteiger partial charge is 0.0966 e. The lowest BCUT2D eigenvalue weighted by molar-refractivity contribution is 0.343. The second-order valence-corrected chi connectivity index (χ2v) is 7.30. The zero-order valence-electron chi connectivity index (χ0n) is 12.9. The first-order valence-electron chi connectivity index (χ1n) is 7.97. The molecule has 0 saturated heterocycles. The van der Waals surface area contributed by atoms with E-state index in [0.717, 1.165) is 12.5 Å². The van der Waals surface area contributed by atoms with Crippen LogP contribution in [0.15, 0.2) is 30.3 Å². The molecule has 2 atom stereocenters. The summed E-state index contributed by atoms with van der Waals surface area (Å²) in [6.45, 7) is 3.29. The van der Waals surface area contributed by atoms with Crippen molar-refractivity contribution < 1.29 is 0 Å². The fraction of sp³-hybridized carbons (Fsp3) is 0.500. The van der Waals surface area contributed by atoms with E-state index < -0.39 is 0 Å². The molecule has 1 N–H and O–H groups in total. The normalized spacial score (nSPS) is 22.4. The van der Waals surface area contributed by atoms with Gasteiger partial charge < -0.3 is 5.32 Å². The summed E-state index contributed by atoms with van der Waals surface area (Å²) in [6, 6.07) is 10.6. The lowest BCUT2D eigenvalue weighted by Crippen LogP contribution is -2.11. The predicted octanol–water partition coefficient (Wildman–Crippen LogP) is 4.82. The average molecular weight is 300 g/mol. The molecule has 0 bridgehead atoms. The van der Waals surface area contributed by atoms with Crippen molar-refractivity contribution in [2.75, 3.05) is 7.05 Å². The molecule has 1 fully saturated rings. The van der Waals surface area contributed by atoms with Crippen molar-refractivity contribution in [1.29, 1.82) is 0 Å². The number of nitrogens with one attached hydrogen (secondary N) is 1. The highest BCUT2D eigenvalue weighted by atomic mass is 32.1. The van der Waals surface area contributed by atoms with Crippen LogP contribution in [0.3, 0.4) is 0 Å². The molecule has 21 heavy (non-hydrogen) atoms. The van der Waals surface area contributed by atoms with Crippen LogP contribution < -0.4 is 5.32 Å². The van der Waals surface area contributed by atoms with Crippen LogP contribution in [0.4, 0.5) is 0 Å². The third kappa shape index (κ3) is 3.35. The standard InChI is InChI=1S/C18H24N2S/c1-13-7-6-10-15(11-13)18-20-17(16(21-18)12-19-2)14-8-4-3-5-9-14/h3-5,8-9,13,15,19H,6-7,10-12H2,1-2H3. The number of nitrogens with zero attached hydrogens (tertiary/aromatic N) is 1. The molecule has 2 unspecified atom stereocenters. The van der Waals surface area contributed by atoms with E-state index in [2.05, 4.69) is 42.6 Å². The molecule has 1 saturated carbocycles. The molecule has 1 heterocycles. The van der Waals surface area contributed by atoms with Gasteiger partial charge in [0.1, 0.15) is 0 Å². The Morgan fingerprint density at radius 1 is 1.24 bits per heavy atom. The van der Waals surface area contributed by atoms with Crippen LogP contribution in [-0.2, 0) is 6.54 Å². The zero-order valence-corrected chi connectivity index (χ0v) is 13.7. The van der Waals surface area contributed by atoms with Crippen molar-refractivity contribution in [3.8, 4) is 11.3 Å². The van der Waals surface area contributed by atoms with E-state index in [1.54, 1.807) is 0 Å². The molecule has 2 nitrogen and oxygen atoms in total. The third-order valence-corrected chi connectivity index (χ3v) is 5.60.